The van der Waals surface area contributed by atoms with Crippen LogP contribution in [0.15, 0.2) is 48.5 Å². The number of carbonyl (C=O) groups is 1. The fourth-order valence-electron chi connectivity index (χ4n) is 3.31. The van der Waals surface area contributed by atoms with Crippen molar-refractivity contribution >= 4 is 15.7 Å². The molecule has 0 unspecified atom stereocenters. The second-order valence-corrected chi connectivity index (χ2v) is 9.50. The standard InChI is InChI=1S/C21H24FNO4S/c1-15(2)27-19-9-7-16(8-10-19)21(24)23(18-11-12-28(25,26)14-18)13-17-5-3-4-6-20(17)22/h3-10,15,18H,11-14H2,1-2H3/t18-/m1/s1. The second-order valence-electron chi connectivity index (χ2n) is 7.27. The largest absolute Gasteiger partial charge is 0.491 e. The quantitative estimate of drug-likeness (QED) is 0.739. The average molecular weight is 405 g/mol. The molecule has 0 aliphatic carbocycles. The van der Waals surface area contributed by atoms with Crippen LogP contribution in [0.3, 0.4) is 0 Å². The van der Waals surface area contributed by atoms with Crippen LogP contribution in [0.2, 0.25) is 0 Å². The molecule has 0 radical (unpaired) electrons. The first-order valence-electron chi connectivity index (χ1n) is 9.27. The van der Waals surface area contributed by atoms with Crippen molar-refractivity contribution in [2.24, 2.45) is 0 Å². The fourth-order valence-corrected chi connectivity index (χ4v) is 5.04. The molecule has 2 aromatic carbocycles. The van der Waals surface area contributed by atoms with Crippen LogP contribution in [0.5, 0.6) is 5.75 Å². The zero-order valence-corrected chi connectivity index (χ0v) is 16.8. The van der Waals surface area contributed by atoms with E-state index in [1.807, 2.05) is 13.8 Å². The highest BCUT2D eigenvalue weighted by molar-refractivity contribution is 7.91. The molecule has 28 heavy (non-hydrogen) atoms. The van der Waals surface area contributed by atoms with E-state index in [-0.39, 0.29) is 30.1 Å². The number of rotatable bonds is 6. The highest BCUT2D eigenvalue weighted by Gasteiger charge is 2.35. The van der Waals surface area contributed by atoms with Gasteiger partial charge in [0.1, 0.15) is 11.6 Å². The number of ether oxygens (including phenoxy) is 1. The van der Waals surface area contributed by atoms with Crippen molar-refractivity contribution in [3.63, 3.8) is 0 Å². The van der Waals surface area contributed by atoms with E-state index in [1.54, 1.807) is 42.5 Å². The number of benzene rings is 2. The summed E-state index contributed by atoms with van der Waals surface area (Å²) >= 11 is 0. The number of nitrogens with zero attached hydrogens (tertiary/aromatic N) is 1. The molecule has 1 saturated heterocycles. The fraction of sp³-hybridized carbons (Fsp3) is 0.381. The predicted octanol–water partition coefficient (Wildman–Crippen LogP) is 3.44. The van der Waals surface area contributed by atoms with Crippen LogP contribution in [0.4, 0.5) is 4.39 Å². The van der Waals surface area contributed by atoms with Crippen LogP contribution in [0.1, 0.15) is 36.2 Å². The molecule has 1 fully saturated rings. The Hall–Kier alpha value is -2.41. The highest BCUT2D eigenvalue weighted by Crippen LogP contribution is 2.24. The van der Waals surface area contributed by atoms with Crippen molar-refractivity contribution in [1.82, 2.24) is 4.90 Å². The molecule has 7 heteroatoms. The third kappa shape index (κ3) is 4.90. The van der Waals surface area contributed by atoms with Crippen LogP contribution >= 0.6 is 0 Å². The molecule has 1 amide bonds. The maximum Gasteiger partial charge on any atom is 0.254 e. The minimum Gasteiger partial charge on any atom is -0.491 e. The lowest BCUT2D eigenvalue weighted by Crippen LogP contribution is -2.40. The van der Waals surface area contributed by atoms with E-state index in [0.717, 1.165) is 0 Å². The summed E-state index contributed by atoms with van der Waals surface area (Å²) in [6, 6.07) is 12.5. The summed E-state index contributed by atoms with van der Waals surface area (Å²) in [5.74, 6) is -0.138. The van der Waals surface area contributed by atoms with E-state index < -0.39 is 21.7 Å². The lowest BCUT2D eigenvalue weighted by molar-refractivity contribution is 0.0679. The Balaban J connectivity index is 1.87. The van der Waals surface area contributed by atoms with E-state index in [2.05, 4.69) is 0 Å². The van der Waals surface area contributed by atoms with Gasteiger partial charge < -0.3 is 9.64 Å². The van der Waals surface area contributed by atoms with Gasteiger partial charge in [-0.25, -0.2) is 12.8 Å². The van der Waals surface area contributed by atoms with Crippen LogP contribution < -0.4 is 4.74 Å². The normalized spacial score (nSPS) is 18.2. The molecule has 1 atom stereocenters. The van der Waals surface area contributed by atoms with E-state index in [1.165, 1.54) is 11.0 Å². The highest BCUT2D eigenvalue weighted by atomic mass is 32.2. The van der Waals surface area contributed by atoms with Crippen LogP contribution in [0, 0.1) is 5.82 Å². The smallest absolute Gasteiger partial charge is 0.254 e. The summed E-state index contributed by atoms with van der Waals surface area (Å²) in [6.45, 7) is 3.85. The van der Waals surface area contributed by atoms with Gasteiger partial charge in [-0.3, -0.25) is 4.79 Å². The van der Waals surface area contributed by atoms with Crippen LogP contribution in [0.25, 0.3) is 0 Å². The van der Waals surface area contributed by atoms with Gasteiger partial charge in [-0.2, -0.15) is 0 Å². The van der Waals surface area contributed by atoms with Crippen molar-refractivity contribution in [3.8, 4) is 5.75 Å². The molecule has 2 aromatic rings. The Labute approximate surface area is 165 Å². The molecule has 1 aliphatic heterocycles. The van der Waals surface area contributed by atoms with Gasteiger partial charge in [-0.15, -0.1) is 0 Å². The molecule has 0 bridgehead atoms. The summed E-state index contributed by atoms with van der Waals surface area (Å²) in [5.41, 5.74) is 0.775. The van der Waals surface area contributed by atoms with E-state index in [9.17, 15) is 17.6 Å². The molecule has 1 aliphatic rings. The lowest BCUT2D eigenvalue weighted by Gasteiger charge is -2.29. The third-order valence-electron chi connectivity index (χ3n) is 4.68. The summed E-state index contributed by atoms with van der Waals surface area (Å²) in [7, 11) is -3.19. The Morgan fingerprint density at radius 1 is 1.18 bits per heavy atom. The lowest BCUT2D eigenvalue weighted by atomic mass is 10.1. The third-order valence-corrected chi connectivity index (χ3v) is 6.43. The Bertz CT molecular complexity index is 941. The molecule has 1 heterocycles. The maximum atomic E-state index is 14.2. The van der Waals surface area contributed by atoms with Crippen LogP contribution in [-0.2, 0) is 16.4 Å². The number of sulfone groups is 1. The van der Waals surface area contributed by atoms with Gasteiger partial charge in [-0.1, -0.05) is 18.2 Å². The molecule has 0 N–H and O–H groups in total. The zero-order valence-electron chi connectivity index (χ0n) is 16.0. The summed E-state index contributed by atoms with van der Waals surface area (Å²) < 4.78 is 43.6. The predicted molar refractivity (Wildman–Crippen MR) is 106 cm³/mol. The molecule has 150 valence electrons. The van der Waals surface area contributed by atoms with E-state index in [4.69, 9.17) is 4.74 Å². The van der Waals surface area contributed by atoms with Crippen molar-refractivity contribution in [3.05, 3.63) is 65.5 Å². The van der Waals surface area contributed by atoms with Gasteiger partial charge >= 0.3 is 0 Å². The van der Waals surface area contributed by atoms with Crippen LogP contribution in [-0.4, -0.2) is 42.9 Å². The van der Waals surface area contributed by atoms with Gasteiger partial charge in [0.05, 0.1) is 17.6 Å². The second kappa shape index (κ2) is 8.31. The van der Waals surface area contributed by atoms with Crippen molar-refractivity contribution < 1.29 is 22.3 Å². The maximum absolute atomic E-state index is 14.2. The van der Waals surface area contributed by atoms with Crippen molar-refractivity contribution in [2.45, 2.75) is 39.0 Å². The number of hydrogen-bond acceptors (Lipinski definition) is 4. The molecule has 0 aromatic heterocycles. The average Bonchev–Trinajstić information content (AvgIpc) is 3.00. The van der Waals surface area contributed by atoms with Gasteiger partial charge in [0.15, 0.2) is 9.84 Å². The molecule has 0 saturated carbocycles. The summed E-state index contributed by atoms with van der Waals surface area (Å²) in [5, 5.41) is 0. The Kier molecular flexibility index (Phi) is 6.03. The first kappa shape index (κ1) is 20.3. The Morgan fingerprint density at radius 2 is 1.86 bits per heavy atom. The number of carbonyl (C=O) groups excluding carboxylic acids is 1. The minimum atomic E-state index is -3.19. The molecular weight excluding hydrogens is 381 g/mol. The number of halogens is 1. The van der Waals surface area contributed by atoms with Gasteiger partial charge in [-0.05, 0) is 50.6 Å². The van der Waals surface area contributed by atoms with E-state index >= 15 is 0 Å². The molecule has 0 spiro atoms. The van der Waals surface area contributed by atoms with Gasteiger partial charge in [0.2, 0.25) is 0 Å². The Morgan fingerprint density at radius 3 is 2.43 bits per heavy atom. The molecule has 3 rings (SSSR count). The number of hydrogen-bond donors (Lipinski definition) is 0. The number of amides is 1. The van der Waals surface area contributed by atoms with Gasteiger partial charge in [0, 0.05) is 23.7 Å². The first-order valence-corrected chi connectivity index (χ1v) is 11.1. The van der Waals surface area contributed by atoms with Crippen molar-refractivity contribution in [2.75, 3.05) is 11.5 Å². The SMILES string of the molecule is CC(C)Oc1ccc(C(=O)N(Cc2ccccc2F)[C@@H]2CCS(=O)(=O)C2)cc1. The monoisotopic (exact) mass is 405 g/mol. The molecule has 5 nitrogen and oxygen atoms in total. The first-order chi connectivity index (χ1) is 13.2. The summed E-state index contributed by atoms with van der Waals surface area (Å²) in [4.78, 5) is 14.6. The zero-order chi connectivity index (χ0) is 20.3. The van der Waals surface area contributed by atoms with Crippen molar-refractivity contribution in [1.29, 1.82) is 0 Å². The van der Waals surface area contributed by atoms with Gasteiger partial charge in [0.25, 0.3) is 5.91 Å². The topological polar surface area (TPSA) is 63.7 Å². The molecular formula is C21H24FNO4S. The summed E-state index contributed by atoms with van der Waals surface area (Å²) in [6.07, 6.45) is 0.375. The minimum absolute atomic E-state index is 0.0165. The van der Waals surface area contributed by atoms with E-state index in [0.29, 0.717) is 23.3 Å².